The molecule has 1 aromatic rings. The molecule has 1 saturated carbocycles. The Labute approximate surface area is 109 Å². The third-order valence-corrected chi connectivity index (χ3v) is 2.99. The number of pyridine rings is 1. The van der Waals surface area contributed by atoms with Crippen LogP contribution in [0.25, 0.3) is 6.08 Å². The number of hydrogen-bond donors (Lipinski definition) is 1. The first-order valence-electron chi connectivity index (χ1n) is 6.49. The summed E-state index contributed by atoms with van der Waals surface area (Å²) >= 11 is 0. The van der Waals surface area contributed by atoms with Crippen molar-refractivity contribution in [2.24, 2.45) is 5.92 Å². The number of hydrogen-bond acceptors (Lipinski definition) is 2. The Morgan fingerprint density at radius 2 is 2.33 bits per heavy atom. The summed E-state index contributed by atoms with van der Waals surface area (Å²) < 4.78 is 0. The topological polar surface area (TPSA) is 24.9 Å². The minimum Gasteiger partial charge on any atom is -0.358 e. The van der Waals surface area contributed by atoms with Gasteiger partial charge in [0.15, 0.2) is 0 Å². The highest BCUT2D eigenvalue weighted by Gasteiger charge is 2.25. The highest BCUT2D eigenvalue weighted by atomic mass is 14.9. The van der Waals surface area contributed by atoms with Crippen LogP contribution in [-0.4, -0.2) is 4.98 Å². The number of allylic oxidation sites excluding steroid dienone is 4. The van der Waals surface area contributed by atoms with Gasteiger partial charge >= 0.3 is 0 Å². The molecule has 2 nitrogen and oxygen atoms in total. The predicted molar refractivity (Wildman–Crippen MR) is 78.2 cm³/mol. The first-order chi connectivity index (χ1) is 8.83. The van der Waals surface area contributed by atoms with Crippen LogP contribution in [0.1, 0.15) is 31.7 Å². The molecule has 0 radical (unpaired) electrons. The van der Waals surface area contributed by atoms with Crippen LogP contribution in [-0.2, 0) is 0 Å². The molecule has 2 heteroatoms. The molecule has 1 fully saturated rings. The predicted octanol–water partition coefficient (Wildman–Crippen LogP) is 4.40. The molecule has 94 valence electrons. The number of nitrogens with one attached hydrogen (secondary N) is 1. The zero-order valence-electron chi connectivity index (χ0n) is 10.9. The molecule has 0 unspecified atom stereocenters. The molecule has 18 heavy (non-hydrogen) atoms. The molecule has 0 bridgehead atoms. The van der Waals surface area contributed by atoms with Crippen LogP contribution in [0.3, 0.4) is 0 Å². The number of rotatable bonds is 6. The molecule has 0 aliphatic heterocycles. The molecular formula is C16H20N2. The van der Waals surface area contributed by atoms with E-state index in [0.29, 0.717) is 0 Å². The van der Waals surface area contributed by atoms with Crippen LogP contribution in [0.5, 0.6) is 0 Å². The first-order valence-corrected chi connectivity index (χ1v) is 6.49. The van der Waals surface area contributed by atoms with Gasteiger partial charge < -0.3 is 5.32 Å². The summed E-state index contributed by atoms with van der Waals surface area (Å²) in [6.07, 6.45) is 15.5. The summed E-state index contributed by atoms with van der Waals surface area (Å²) in [5.74, 6) is 0.731. The van der Waals surface area contributed by atoms with E-state index >= 15 is 0 Å². The van der Waals surface area contributed by atoms with E-state index in [1.54, 1.807) is 0 Å². The van der Waals surface area contributed by atoms with Gasteiger partial charge in [-0.1, -0.05) is 24.3 Å². The van der Waals surface area contributed by atoms with Crippen molar-refractivity contribution >= 4 is 11.8 Å². The van der Waals surface area contributed by atoms with Gasteiger partial charge in [0.05, 0.1) is 11.9 Å². The Bertz CT molecular complexity index is 468. The van der Waals surface area contributed by atoms with Crippen molar-refractivity contribution in [1.82, 2.24) is 4.98 Å². The maximum absolute atomic E-state index is 4.26. The molecule has 1 aromatic heterocycles. The third-order valence-electron chi connectivity index (χ3n) is 2.99. The lowest BCUT2D eigenvalue weighted by atomic mass is 10.2. The second kappa shape index (κ2) is 6.20. The van der Waals surface area contributed by atoms with Crippen molar-refractivity contribution in [1.29, 1.82) is 0 Å². The summed E-state index contributed by atoms with van der Waals surface area (Å²) in [6, 6.07) is 2.12. The Kier molecular flexibility index (Phi) is 4.35. The lowest BCUT2D eigenvalue weighted by Gasteiger charge is -2.09. The van der Waals surface area contributed by atoms with E-state index in [9.17, 15) is 0 Å². The molecule has 1 aliphatic carbocycles. The SMILES string of the molecule is C=CC/C=C/c1cncc(N/C(=C\C)C2CC2)c1. The Morgan fingerprint density at radius 3 is 3.00 bits per heavy atom. The first kappa shape index (κ1) is 12.6. The molecule has 2 rings (SSSR count). The van der Waals surface area contributed by atoms with Crippen molar-refractivity contribution in [2.45, 2.75) is 26.2 Å². The van der Waals surface area contributed by atoms with Gasteiger partial charge in [0.25, 0.3) is 0 Å². The van der Waals surface area contributed by atoms with Gasteiger partial charge in [0, 0.05) is 11.9 Å². The Balaban J connectivity index is 2.04. The Morgan fingerprint density at radius 1 is 1.50 bits per heavy atom. The second-order valence-corrected chi connectivity index (χ2v) is 4.58. The fraction of sp³-hybridized carbons (Fsp3) is 0.312. The quantitative estimate of drug-likeness (QED) is 0.746. The minimum atomic E-state index is 0.731. The fourth-order valence-electron chi connectivity index (χ4n) is 1.89. The maximum Gasteiger partial charge on any atom is 0.0574 e. The molecular weight excluding hydrogens is 220 g/mol. The average molecular weight is 240 g/mol. The van der Waals surface area contributed by atoms with Crippen molar-refractivity contribution in [3.63, 3.8) is 0 Å². The van der Waals surface area contributed by atoms with Gasteiger partial charge in [0.1, 0.15) is 0 Å². The fourth-order valence-corrected chi connectivity index (χ4v) is 1.89. The van der Waals surface area contributed by atoms with E-state index in [-0.39, 0.29) is 0 Å². The van der Waals surface area contributed by atoms with Crippen LogP contribution in [0.4, 0.5) is 5.69 Å². The zero-order chi connectivity index (χ0) is 12.8. The van der Waals surface area contributed by atoms with Crippen LogP contribution < -0.4 is 5.32 Å². The number of anilines is 1. The third kappa shape index (κ3) is 3.59. The summed E-state index contributed by atoms with van der Waals surface area (Å²) in [5, 5.41) is 3.47. The van der Waals surface area contributed by atoms with Crippen LogP contribution in [0.2, 0.25) is 0 Å². The van der Waals surface area contributed by atoms with E-state index < -0.39 is 0 Å². The van der Waals surface area contributed by atoms with Crippen LogP contribution in [0.15, 0.2) is 49.0 Å². The normalized spacial score (nSPS) is 15.9. The maximum atomic E-state index is 4.26. The van der Waals surface area contributed by atoms with Crippen molar-refractivity contribution in [3.8, 4) is 0 Å². The molecule has 1 heterocycles. The van der Waals surface area contributed by atoms with Gasteiger partial charge in [-0.3, -0.25) is 4.98 Å². The molecule has 0 atom stereocenters. The van der Waals surface area contributed by atoms with E-state index in [4.69, 9.17) is 0 Å². The van der Waals surface area contributed by atoms with Gasteiger partial charge in [0.2, 0.25) is 0 Å². The average Bonchev–Trinajstić information content (AvgIpc) is 3.21. The largest absolute Gasteiger partial charge is 0.358 e. The van der Waals surface area contributed by atoms with E-state index in [1.807, 2.05) is 18.5 Å². The molecule has 1 aliphatic rings. The van der Waals surface area contributed by atoms with E-state index in [1.165, 1.54) is 18.5 Å². The van der Waals surface area contributed by atoms with Crippen LogP contribution >= 0.6 is 0 Å². The highest BCUT2D eigenvalue weighted by Crippen LogP contribution is 2.36. The summed E-state index contributed by atoms with van der Waals surface area (Å²) in [4.78, 5) is 4.26. The Hall–Kier alpha value is -1.83. The monoisotopic (exact) mass is 240 g/mol. The highest BCUT2D eigenvalue weighted by molar-refractivity contribution is 5.57. The summed E-state index contributed by atoms with van der Waals surface area (Å²) in [7, 11) is 0. The minimum absolute atomic E-state index is 0.731. The van der Waals surface area contributed by atoms with Gasteiger partial charge in [-0.25, -0.2) is 0 Å². The van der Waals surface area contributed by atoms with Gasteiger partial charge in [-0.2, -0.15) is 0 Å². The van der Waals surface area contributed by atoms with Crippen molar-refractivity contribution in [2.75, 3.05) is 5.32 Å². The van der Waals surface area contributed by atoms with Gasteiger partial charge in [-0.15, -0.1) is 6.58 Å². The lowest BCUT2D eigenvalue weighted by molar-refractivity contribution is 1.01. The summed E-state index contributed by atoms with van der Waals surface area (Å²) in [6.45, 7) is 5.78. The number of nitrogens with zero attached hydrogens (tertiary/aromatic N) is 1. The lowest BCUT2D eigenvalue weighted by Crippen LogP contribution is -2.01. The van der Waals surface area contributed by atoms with E-state index in [0.717, 1.165) is 23.6 Å². The molecule has 1 N–H and O–H groups in total. The van der Waals surface area contributed by atoms with E-state index in [2.05, 4.69) is 48.1 Å². The summed E-state index contributed by atoms with van der Waals surface area (Å²) in [5.41, 5.74) is 3.51. The standard InChI is InChI=1S/C16H20N2/c1-3-5-6-7-13-10-15(12-17-11-13)18-16(4-2)14-8-9-14/h3-4,6-7,10-12,14,18H,1,5,8-9H2,2H3/b7-6+,16-4-. The number of aromatic nitrogens is 1. The zero-order valence-corrected chi connectivity index (χ0v) is 10.9. The smallest absolute Gasteiger partial charge is 0.0574 e. The molecule has 0 amide bonds. The molecule has 0 spiro atoms. The van der Waals surface area contributed by atoms with Crippen molar-refractivity contribution in [3.05, 3.63) is 54.5 Å². The van der Waals surface area contributed by atoms with Gasteiger partial charge in [-0.05, 0) is 43.7 Å². The second-order valence-electron chi connectivity index (χ2n) is 4.58. The van der Waals surface area contributed by atoms with Crippen LogP contribution in [0, 0.1) is 5.92 Å². The molecule has 0 aromatic carbocycles. The molecule has 0 saturated heterocycles. The van der Waals surface area contributed by atoms with Crippen molar-refractivity contribution < 1.29 is 0 Å².